The molecule has 1 fully saturated rings. The Kier molecular flexibility index (Phi) is 6.02. The van der Waals surface area contributed by atoms with E-state index in [1.54, 1.807) is 0 Å². The minimum atomic E-state index is -0.505. The number of esters is 2. The van der Waals surface area contributed by atoms with Crippen LogP contribution in [0.1, 0.15) is 11.1 Å². The summed E-state index contributed by atoms with van der Waals surface area (Å²) in [7, 11) is 1.36. The molecule has 2 aromatic rings. The van der Waals surface area contributed by atoms with Gasteiger partial charge in [-0.2, -0.15) is 0 Å². The summed E-state index contributed by atoms with van der Waals surface area (Å²) >= 11 is 0. The van der Waals surface area contributed by atoms with Crippen LogP contribution in [0.25, 0.3) is 0 Å². The van der Waals surface area contributed by atoms with Crippen LogP contribution in [-0.4, -0.2) is 37.0 Å². The van der Waals surface area contributed by atoms with Crippen molar-refractivity contribution in [2.75, 3.05) is 20.2 Å². The lowest BCUT2D eigenvalue weighted by Crippen LogP contribution is -2.30. The summed E-state index contributed by atoms with van der Waals surface area (Å²) in [6.07, 6.45) is 0. The molecule has 5 heteroatoms. The zero-order valence-electron chi connectivity index (χ0n) is 14.8. The van der Waals surface area contributed by atoms with Crippen molar-refractivity contribution < 1.29 is 19.1 Å². The van der Waals surface area contributed by atoms with Crippen LogP contribution in [0.5, 0.6) is 0 Å². The van der Waals surface area contributed by atoms with E-state index >= 15 is 0 Å². The fraction of sp³-hybridized carbons (Fsp3) is 0.333. The number of rotatable bonds is 6. The highest BCUT2D eigenvalue weighted by molar-refractivity contribution is 5.83. The van der Waals surface area contributed by atoms with E-state index in [-0.39, 0.29) is 18.5 Å². The maximum Gasteiger partial charge on any atom is 0.311 e. The van der Waals surface area contributed by atoms with Crippen LogP contribution < -0.4 is 0 Å². The number of methoxy groups -OCH3 is 1. The lowest BCUT2D eigenvalue weighted by Gasteiger charge is -2.15. The lowest BCUT2D eigenvalue weighted by atomic mass is 9.96. The van der Waals surface area contributed by atoms with Crippen molar-refractivity contribution in [2.24, 2.45) is 11.8 Å². The molecule has 1 saturated heterocycles. The molecule has 1 aliphatic rings. The highest BCUT2D eigenvalue weighted by Gasteiger charge is 2.43. The molecule has 136 valence electrons. The Labute approximate surface area is 153 Å². The molecule has 0 amide bonds. The van der Waals surface area contributed by atoms with Crippen molar-refractivity contribution >= 4 is 11.9 Å². The smallest absolute Gasteiger partial charge is 0.311 e. The molecule has 0 unspecified atom stereocenters. The van der Waals surface area contributed by atoms with Crippen LogP contribution >= 0.6 is 0 Å². The second-order valence-corrected chi connectivity index (χ2v) is 6.51. The molecule has 2 atom stereocenters. The van der Waals surface area contributed by atoms with Crippen molar-refractivity contribution in [1.29, 1.82) is 0 Å². The fourth-order valence-electron chi connectivity index (χ4n) is 3.32. The maximum absolute atomic E-state index is 12.6. The molecule has 5 nitrogen and oxygen atoms in total. The van der Waals surface area contributed by atoms with E-state index in [0.29, 0.717) is 19.6 Å². The number of carbonyl (C=O) groups excluding carboxylic acids is 2. The number of nitrogens with zero attached hydrogens (tertiary/aromatic N) is 1. The van der Waals surface area contributed by atoms with E-state index in [9.17, 15) is 9.59 Å². The Morgan fingerprint density at radius 2 is 1.42 bits per heavy atom. The zero-order chi connectivity index (χ0) is 18.4. The molecule has 0 radical (unpaired) electrons. The lowest BCUT2D eigenvalue weighted by molar-refractivity contribution is -0.157. The van der Waals surface area contributed by atoms with Crippen LogP contribution in [0.15, 0.2) is 60.7 Å². The normalized spacial score (nSPS) is 19.9. The van der Waals surface area contributed by atoms with Gasteiger partial charge < -0.3 is 9.47 Å². The third-order valence-electron chi connectivity index (χ3n) is 4.68. The van der Waals surface area contributed by atoms with Crippen molar-refractivity contribution in [3.05, 3.63) is 71.8 Å². The Bertz CT molecular complexity index is 732. The molecule has 0 aliphatic carbocycles. The Morgan fingerprint density at radius 3 is 2.00 bits per heavy atom. The molecule has 1 aliphatic heterocycles. The van der Waals surface area contributed by atoms with Crippen molar-refractivity contribution in [1.82, 2.24) is 4.90 Å². The van der Waals surface area contributed by atoms with Gasteiger partial charge in [-0.05, 0) is 11.1 Å². The standard InChI is InChI=1S/C21H23NO4/c1-25-20(23)18-13-22(12-16-8-4-2-5-9-16)14-19(18)21(24)26-15-17-10-6-3-7-11-17/h2-11,18-19H,12-15H2,1H3/t18-,19-/m0/s1. The SMILES string of the molecule is COC(=O)[C@H]1CN(Cc2ccccc2)C[C@@H]1C(=O)OCc1ccccc1. The minimum absolute atomic E-state index is 0.211. The number of likely N-dealkylation sites (tertiary alicyclic amines) is 1. The first-order valence-electron chi connectivity index (χ1n) is 8.72. The Morgan fingerprint density at radius 1 is 0.885 bits per heavy atom. The summed E-state index contributed by atoms with van der Waals surface area (Å²) in [5, 5.41) is 0. The molecule has 1 heterocycles. The topological polar surface area (TPSA) is 55.8 Å². The molecule has 2 aromatic carbocycles. The summed E-state index contributed by atoms with van der Waals surface area (Å²) in [4.78, 5) is 26.8. The van der Waals surface area contributed by atoms with E-state index in [1.807, 2.05) is 60.7 Å². The van der Waals surface area contributed by atoms with Crippen LogP contribution in [-0.2, 0) is 32.2 Å². The Balaban J connectivity index is 1.64. The minimum Gasteiger partial charge on any atom is -0.469 e. The molecule has 0 spiro atoms. The first-order valence-corrected chi connectivity index (χ1v) is 8.72. The van der Waals surface area contributed by atoms with Gasteiger partial charge in [-0.1, -0.05) is 60.7 Å². The van der Waals surface area contributed by atoms with E-state index in [1.165, 1.54) is 7.11 Å². The third kappa shape index (κ3) is 4.49. The molecule has 26 heavy (non-hydrogen) atoms. The van der Waals surface area contributed by atoms with Gasteiger partial charge in [0.25, 0.3) is 0 Å². The predicted molar refractivity (Wildman–Crippen MR) is 97.0 cm³/mol. The van der Waals surface area contributed by atoms with Gasteiger partial charge in [0.1, 0.15) is 6.61 Å². The summed E-state index contributed by atoms with van der Waals surface area (Å²) < 4.78 is 10.4. The number of carbonyl (C=O) groups is 2. The van der Waals surface area contributed by atoms with Gasteiger partial charge in [0.15, 0.2) is 0 Å². The van der Waals surface area contributed by atoms with Crippen molar-refractivity contribution in [3.8, 4) is 0 Å². The molecule has 0 bridgehead atoms. The number of hydrogen-bond acceptors (Lipinski definition) is 5. The highest BCUT2D eigenvalue weighted by Crippen LogP contribution is 2.27. The monoisotopic (exact) mass is 353 g/mol. The van der Waals surface area contributed by atoms with E-state index < -0.39 is 11.8 Å². The van der Waals surface area contributed by atoms with Crippen LogP contribution in [0, 0.1) is 11.8 Å². The highest BCUT2D eigenvalue weighted by atomic mass is 16.5. The quantitative estimate of drug-likeness (QED) is 0.748. The zero-order valence-corrected chi connectivity index (χ0v) is 14.8. The fourth-order valence-corrected chi connectivity index (χ4v) is 3.32. The largest absolute Gasteiger partial charge is 0.469 e. The second kappa shape index (κ2) is 8.63. The predicted octanol–water partition coefficient (Wildman–Crippen LogP) is 2.65. The molecule has 0 aromatic heterocycles. The van der Waals surface area contributed by atoms with Gasteiger partial charge >= 0.3 is 11.9 Å². The van der Waals surface area contributed by atoms with E-state index in [2.05, 4.69) is 4.90 Å². The number of hydrogen-bond donors (Lipinski definition) is 0. The maximum atomic E-state index is 12.6. The number of ether oxygens (including phenoxy) is 2. The molecular formula is C21H23NO4. The molecule has 0 N–H and O–H groups in total. The van der Waals surface area contributed by atoms with Crippen LogP contribution in [0.3, 0.4) is 0 Å². The van der Waals surface area contributed by atoms with Crippen LogP contribution in [0.2, 0.25) is 0 Å². The van der Waals surface area contributed by atoms with E-state index in [0.717, 1.165) is 11.1 Å². The average molecular weight is 353 g/mol. The van der Waals surface area contributed by atoms with Crippen molar-refractivity contribution in [2.45, 2.75) is 13.2 Å². The van der Waals surface area contributed by atoms with Gasteiger partial charge in [-0.25, -0.2) is 0 Å². The van der Waals surface area contributed by atoms with Crippen LogP contribution in [0.4, 0.5) is 0 Å². The summed E-state index contributed by atoms with van der Waals surface area (Å²) in [5.41, 5.74) is 2.07. The number of benzene rings is 2. The molecule has 0 saturated carbocycles. The van der Waals surface area contributed by atoms with Gasteiger partial charge in [-0.3, -0.25) is 14.5 Å². The first kappa shape index (κ1) is 18.1. The summed E-state index contributed by atoms with van der Waals surface area (Å²) in [5.74, 6) is -1.70. The summed E-state index contributed by atoms with van der Waals surface area (Å²) in [6, 6.07) is 19.5. The first-order chi connectivity index (χ1) is 12.7. The molecular weight excluding hydrogens is 330 g/mol. The molecule has 3 rings (SSSR count). The Hall–Kier alpha value is -2.66. The van der Waals surface area contributed by atoms with Gasteiger partial charge in [0, 0.05) is 19.6 Å². The van der Waals surface area contributed by atoms with Crippen molar-refractivity contribution in [3.63, 3.8) is 0 Å². The van der Waals surface area contributed by atoms with Gasteiger partial charge in [-0.15, -0.1) is 0 Å². The van der Waals surface area contributed by atoms with Gasteiger partial charge in [0.05, 0.1) is 18.9 Å². The average Bonchev–Trinajstić information content (AvgIpc) is 3.11. The van der Waals surface area contributed by atoms with Gasteiger partial charge in [0.2, 0.25) is 0 Å². The summed E-state index contributed by atoms with van der Waals surface area (Å²) in [6.45, 7) is 1.88. The van der Waals surface area contributed by atoms with E-state index in [4.69, 9.17) is 9.47 Å². The second-order valence-electron chi connectivity index (χ2n) is 6.51. The third-order valence-corrected chi connectivity index (χ3v) is 4.68.